The summed E-state index contributed by atoms with van der Waals surface area (Å²) in [5.74, 6) is 0.586. The Balaban J connectivity index is 2.25. The van der Waals surface area contributed by atoms with Gasteiger partial charge in [0.25, 0.3) is 0 Å². The molecule has 0 fully saturated rings. The van der Waals surface area contributed by atoms with E-state index in [9.17, 15) is 0 Å². The second-order valence-electron chi connectivity index (χ2n) is 5.24. The fourth-order valence-corrected chi connectivity index (χ4v) is 3.06. The summed E-state index contributed by atoms with van der Waals surface area (Å²) in [6, 6.07) is 8.64. The summed E-state index contributed by atoms with van der Waals surface area (Å²) in [5.41, 5.74) is 2.85. The van der Waals surface area contributed by atoms with Crippen molar-refractivity contribution in [1.29, 1.82) is 0 Å². The molecule has 0 saturated carbocycles. The summed E-state index contributed by atoms with van der Waals surface area (Å²) in [6.45, 7) is 8.84. The largest absolute Gasteiger partial charge is 0.313 e. The van der Waals surface area contributed by atoms with E-state index >= 15 is 0 Å². The van der Waals surface area contributed by atoms with Gasteiger partial charge in [-0.2, -0.15) is 0 Å². The van der Waals surface area contributed by atoms with Gasteiger partial charge in [-0.25, -0.2) is 0 Å². The van der Waals surface area contributed by atoms with Crippen molar-refractivity contribution in [3.8, 4) is 0 Å². The Morgan fingerprint density at radius 1 is 1.32 bits per heavy atom. The molecule has 1 N–H and O–H groups in total. The van der Waals surface area contributed by atoms with E-state index in [2.05, 4.69) is 61.8 Å². The van der Waals surface area contributed by atoms with Gasteiger partial charge in [0.1, 0.15) is 0 Å². The second kappa shape index (κ2) is 6.88. The van der Waals surface area contributed by atoms with E-state index in [-0.39, 0.29) is 0 Å². The van der Waals surface area contributed by atoms with Gasteiger partial charge in [0.15, 0.2) is 0 Å². The van der Waals surface area contributed by atoms with Crippen LogP contribution in [0.1, 0.15) is 32.8 Å². The number of hydrogen-bond acceptors (Lipinski definition) is 2. The first-order valence-electron chi connectivity index (χ1n) is 7.09. The van der Waals surface area contributed by atoms with Gasteiger partial charge in [-0.3, -0.25) is 0 Å². The molecule has 0 aliphatic carbocycles. The lowest BCUT2D eigenvalue weighted by molar-refractivity contribution is 0.657. The van der Waals surface area contributed by atoms with Crippen LogP contribution in [0.15, 0.2) is 35.2 Å². The molecule has 1 aromatic heterocycles. The van der Waals surface area contributed by atoms with E-state index in [1.165, 1.54) is 27.6 Å². The summed E-state index contributed by atoms with van der Waals surface area (Å²) in [7, 11) is 0. The monoisotopic (exact) mass is 273 g/mol. The number of benzene rings is 1. The van der Waals surface area contributed by atoms with Crippen LogP contribution >= 0.6 is 11.3 Å². The minimum atomic E-state index is 0.586. The van der Waals surface area contributed by atoms with Crippen LogP contribution in [-0.4, -0.2) is 13.1 Å². The van der Waals surface area contributed by atoms with Gasteiger partial charge in [0.2, 0.25) is 0 Å². The minimum Gasteiger partial charge on any atom is -0.313 e. The van der Waals surface area contributed by atoms with Crippen molar-refractivity contribution in [2.45, 2.75) is 27.2 Å². The summed E-state index contributed by atoms with van der Waals surface area (Å²) in [5, 5.41) is 7.16. The van der Waals surface area contributed by atoms with Crippen molar-refractivity contribution in [3.63, 3.8) is 0 Å². The Kier molecular flexibility index (Phi) is 5.17. The SMILES string of the molecule is CCCNCC(=Cc1csc2ccccc12)C(C)C. The Morgan fingerprint density at radius 2 is 2.11 bits per heavy atom. The van der Waals surface area contributed by atoms with Crippen molar-refractivity contribution < 1.29 is 0 Å². The summed E-state index contributed by atoms with van der Waals surface area (Å²) in [6.07, 6.45) is 3.55. The average molecular weight is 273 g/mol. The minimum absolute atomic E-state index is 0.586. The fourth-order valence-electron chi connectivity index (χ4n) is 2.14. The molecular weight excluding hydrogens is 250 g/mol. The van der Waals surface area contributed by atoms with Crippen molar-refractivity contribution >= 4 is 27.5 Å². The van der Waals surface area contributed by atoms with Gasteiger partial charge in [0, 0.05) is 11.2 Å². The zero-order valence-corrected chi connectivity index (χ0v) is 12.9. The summed E-state index contributed by atoms with van der Waals surface area (Å²) in [4.78, 5) is 0. The molecule has 2 aromatic rings. The van der Waals surface area contributed by atoms with Crippen LogP contribution in [0.5, 0.6) is 0 Å². The molecule has 0 bridgehead atoms. The third kappa shape index (κ3) is 3.68. The van der Waals surface area contributed by atoms with E-state index in [0.717, 1.165) is 13.1 Å². The zero-order valence-electron chi connectivity index (χ0n) is 12.1. The first-order chi connectivity index (χ1) is 9.22. The van der Waals surface area contributed by atoms with E-state index < -0.39 is 0 Å². The molecule has 1 aromatic carbocycles. The molecule has 0 aliphatic heterocycles. The molecule has 102 valence electrons. The predicted octanol–water partition coefficient (Wildman–Crippen LogP) is 4.94. The molecule has 0 aliphatic rings. The van der Waals surface area contributed by atoms with E-state index in [1.807, 2.05) is 11.3 Å². The third-order valence-corrected chi connectivity index (χ3v) is 4.33. The maximum atomic E-state index is 3.51. The molecule has 0 spiro atoms. The molecule has 2 rings (SSSR count). The molecule has 0 amide bonds. The summed E-state index contributed by atoms with van der Waals surface area (Å²) < 4.78 is 1.37. The lowest BCUT2D eigenvalue weighted by atomic mass is 10.00. The molecule has 1 nitrogen and oxygen atoms in total. The lowest BCUT2D eigenvalue weighted by Gasteiger charge is -2.12. The number of fused-ring (bicyclic) bond motifs is 1. The molecule has 19 heavy (non-hydrogen) atoms. The van der Waals surface area contributed by atoms with E-state index in [1.54, 1.807) is 0 Å². The number of thiophene rings is 1. The molecule has 0 unspecified atom stereocenters. The maximum absolute atomic E-state index is 3.51. The fraction of sp³-hybridized carbons (Fsp3) is 0.412. The van der Waals surface area contributed by atoms with E-state index in [4.69, 9.17) is 0 Å². The maximum Gasteiger partial charge on any atom is 0.0348 e. The Labute approximate surface area is 120 Å². The molecule has 1 heterocycles. The van der Waals surface area contributed by atoms with Crippen LogP contribution in [0.4, 0.5) is 0 Å². The van der Waals surface area contributed by atoms with Crippen LogP contribution in [-0.2, 0) is 0 Å². The highest BCUT2D eigenvalue weighted by Crippen LogP contribution is 2.28. The van der Waals surface area contributed by atoms with Crippen molar-refractivity contribution in [2.75, 3.05) is 13.1 Å². The van der Waals surface area contributed by atoms with Crippen LogP contribution in [0.25, 0.3) is 16.2 Å². The third-order valence-electron chi connectivity index (χ3n) is 3.35. The topological polar surface area (TPSA) is 12.0 Å². The van der Waals surface area contributed by atoms with Gasteiger partial charge >= 0.3 is 0 Å². The van der Waals surface area contributed by atoms with Gasteiger partial charge in [-0.05, 0) is 41.3 Å². The van der Waals surface area contributed by atoms with E-state index in [0.29, 0.717) is 5.92 Å². The Hall–Kier alpha value is -1.12. The highest BCUT2D eigenvalue weighted by atomic mass is 32.1. The normalized spacial score (nSPS) is 12.5. The lowest BCUT2D eigenvalue weighted by Crippen LogP contribution is -2.19. The van der Waals surface area contributed by atoms with Crippen LogP contribution in [0.2, 0.25) is 0 Å². The van der Waals surface area contributed by atoms with Crippen molar-refractivity contribution in [1.82, 2.24) is 5.32 Å². The quantitative estimate of drug-likeness (QED) is 0.735. The van der Waals surface area contributed by atoms with Gasteiger partial charge in [0.05, 0.1) is 0 Å². The van der Waals surface area contributed by atoms with Gasteiger partial charge < -0.3 is 5.32 Å². The van der Waals surface area contributed by atoms with Crippen molar-refractivity contribution in [2.24, 2.45) is 5.92 Å². The predicted molar refractivity (Wildman–Crippen MR) is 87.8 cm³/mol. The molecule has 2 heteroatoms. The highest BCUT2D eigenvalue weighted by Gasteiger charge is 2.06. The molecule has 0 saturated heterocycles. The number of nitrogens with one attached hydrogen (secondary N) is 1. The second-order valence-corrected chi connectivity index (χ2v) is 6.15. The first kappa shape index (κ1) is 14.3. The van der Waals surface area contributed by atoms with Crippen LogP contribution in [0.3, 0.4) is 0 Å². The number of hydrogen-bond donors (Lipinski definition) is 1. The van der Waals surface area contributed by atoms with Crippen LogP contribution < -0.4 is 5.32 Å². The highest BCUT2D eigenvalue weighted by molar-refractivity contribution is 7.17. The first-order valence-corrected chi connectivity index (χ1v) is 7.97. The number of rotatable bonds is 6. The van der Waals surface area contributed by atoms with Crippen LogP contribution in [0, 0.1) is 5.92 Å². The van der Waals surface area contributed by atoms with Gasteiger partial charge in [-0.1, -0.05) is 50.6 Å². The average Bonchev–Trinajstić information content (AvgIpc) is 2.81. The standard InChI is InChI=1S/C17H23NS/c1-4-9-18-11-14(13(2)3)10-15-12-19-17-8-6-5-7-16(15)17/h5-8,10,12-13,18H,4,9,11H2,1-3H3. The van der Waals surface area contributed by atoms with Crippen molar-refractivity contribution in [3.05, 3.63) is 40.8 Å². The summed E-state index contributed by atoms with van der Waals surface area (Å²) >= 11 is 1.83. The molecule has 0 atom stereocenters. The Morgan fingerprint density at radius 3 is 2.84 bits per heavy atom. The Bertz CT molecular complexity index is 551. The van der Waals surface area contributed by atoms with Gasteiger partial charge in [-0.15, -0.1) is 11.3 Å². The molecular formula is C17H23NS. The smallest absolute Gasteiger partial charge is 0.0348 e. The molecule has 0 radical (unpaired) electrons. The zero-order chi connectivity index (χ0) is 13.7.